The molecule has 1 N–H and O–H groups in total. The van der Waals surface area contributed by atoms with Crippen LogP contribution in [0.15, 0.2) is 24.5 Å². The molecule has 27 heavy (non-hydrogen) atoms. The van der Waals surface area contributed by atoms with Gasteiger partial charge in [-0.05, 0) is 36.8 Å². The predicted molar refractivity (Wildman–Crippen MR) is 110 cm³/mol. The summed E-state index contributed by atoms with van der Waals surface area (Å²) in [7, 11) is 0. The second kappa shape index (κ2) is 12.1. The summed E-state index contributed by atoms with van der Waals surface area (Å²) in [6.45, 7) is 5.36. The van der Waals surface area contributed by atoms with Crippen LogP contribution in [0.3, 0.4) is 0 Å². The van der Waals surface area contributed by atoms with Crippen LogP contribution in [0.2, 0.25) is 0 Å². The van der Waals surface area contributed by atoms with Gasteiger partial charge in [0, 0.05) is 18.9 Å². The molecule has 1 aromatic heterocycles. The highest BCUT2D eigenvalue weighted by Gasteiger charge is 2.30. The summed E-state index contributed by atoms with van der Waals surface area (Å²) in [5.41, 5.74) is 1.11. The molecule has 152 valence electrons. The minimum absolute atomic E-state index is 0.0857. The van der Waals surface area contributed by atoms with Gasteiger partial charge in [0.1, 0.15) is 0 Å². The summed E-state index contributed by atoms with van der Waals surface area (Å²) in [6.07, 6.45) is 14.8. The van der Waals surface area contributed by atoms with E-state index in [0.717, 1.165) is 50.1 Å². The number of aliphatic hydroxyl groups is 1. The van der Waals surface area contributed by atoms with Crippen LogP contribution in [-0.2, 0) is 4.79 Å². The second-order valence-electron chi connectivity index (χ2n) is 8.48. The number of hydrogen-bond acceptors (Lipinski definition) is 3. The Bertz CT molecular complexity index is 532. The second-order valence-corrected chi connectivity index (χ2v) is 8.48. The first-order valence-electron chi connectivity index (χ1n) is 11.0. The molecule has 2 rings (SSSR count). The average molecular weight is 375 g/mol. The number of rotatable bonds is 12. The van der Waals surface area contributed by atoms with E-state index in [-0.39, 0.29) is 18.4 Å². The number of hydrogen-bond donors (Lipinski definition) is 1. The van der Waals surface area contributed by atoms with Gasteiger partial charge in [0.25, 0.3) is 0 Å². The molecule has 4 nitrogen and oxygen atoms in total. The number of nitrogens with zero attached hydrogens (tertiary/aromatic N) is 2. The van der Waals surface area contributed by atoms with Gasteiger partial charge >= 0.3 is 0 Å². The Balaban J connectivity index is 1.61. The maximum Gasteiger partial charge on any atom is 0.225 e. The van der Waals surface area contributed by atoms with Crippen molar-refractivity contribution < 1.29 is 9.90 Å². The highest BCUT2D eigenvalue weighted by Crippen LogP contribution is 2.32. The molecule has 2 unspecified atom stereocenters. The van der Waals surface area contributed by atoms with Crippen LogP contribution in [0.1, 0.15) is 96.1 Å². The molecule has 0 aromatic carbocycles. The Labute approximate surface area is 165 Å². The summed E-state index contributed by atoms with van der Waals surface area (Å²) >= 11 is 0. The Hall–Kier alpha value is -1.42. The Morgan fingerprint density at radius 2 is 1.89 bits per heavy atom. The smallest absolute Gasteiger partial charge is 0.225 e. The highest BCUT2D eigenvalue weighted by molar-refractivity contribution is 5.77. The van der Waals surface area contributed by atoms with E-state index >= 15 is 0 Å². The van der Waals surface area contributed by atoms with Gasteiger partial charge in [-0.3, -0.25) is 9.78 Å². The van der Waals surface area contributed by atoms with Gasteiger partial charge in [0.15, 0.2) is 0 Å². The van der Waals surface area contributed by atoms with E-state index < -0.39 is 6.10 Å². The van der Waals surface area contributed by atoms with Crippen molar-refractivity contribution in [3.05, 3.63) is 30.1 Å². The summed E-state index contributed by atoms with van der Waals surface area (Å²) < 4.78 is 0. The molecular weight excluding hydrogens is 336 g/mol. The zero-order valence-corrected chi connectivity index (χ0v) is 17.3. The van der Waals surface area contributed by atoms with Crippen LogP contribution in [0.5, 0.6) is 0 Å². The van der Waals surface area contributed by atoms with Crippen LogP contribution in [0.25, 0.3) is 0 Å². The van der Waals surface area contributed by atoms with E-state index in [4.69, 9.17) is 0 Å². The lowest BCUT2D eigenvalue weighted by molar-refractivity contribution is -0.134. The fourth-order valence-electron chi connectivity index (χ4n) is 4.05. The van der Waals surface area contributed by atoms with Crippen LogP contribution in [0, 0.1) is 5.92 Å². The van der Waals surface area contributed by atoms with Gasteiger partial charge in [-0.2, -0.15) is 0 Å². The van der Waals surface area contributed by atoms with Gasteiger partial charge in [-0.15, -0.1) is 0 Å². The number of unbranched alkanes of at least 4 members (excludes halogenated alkanes) is 5. The Morgan fingerprint density at radius 3 is 2.56 bits per heavy atom. The van der Waals surface area contributed by atoms with Crippen molar-refractivity contribution >= 4 is 5.91 Å². The molecule has 2 heterocycles. The highest BCUT2D eigenvalue weighted by atomic mass is 16.3. The molecule has 4 heteroatoms. The fraction of sp³-hybridized carbons (Fsp3) is 0.739. The lowest BCUT2D eigenvalue weighted by Gasteiger charge is -2.26. The van der Waals surface area contributed by atoms with Crippen LogP contribution in [-0.4, -0.2) is 33.5 Å². The molecule has 1 saturated heterocycles. The topological polar surface area (TPSA) is 53.4 Å². The first-order chi connectivity index (χ1) is 13.1. The lowest BCUT2D eigenvalue weighted by Crippen LogP contribution is -2.33. The summed E-state index contributed by atoms with van der Waals surface area (Å²) in [5.74, 6) is 0.897. The van der Waals surface area contributed by atoms with Crippen LogP contribution in [0.4, 0.5) is 0 Å². The van der Waals surface area contributed by atoms with Crippen molar-refractivity contribution in [2.45, 2.75) is 96.6 Å². The standard InChI is InChI=1S/C23H38N2O2/c1-19(2)11-7-5-3-4-6-8-13-21(26)17-23(27)25-16-10-14-22(25)20-12-9-15-24-18-20/h9,12,15,18-19,21-22,26H,3-8,10-11,13-14,16-17H2,1-2H3. The molecule has 0 aliphatic carbocycles. The molecule has 0 saturated carbocycles. The van der Waals surface area contributed by atoms with Crippen molar-refractivity contribution in [3.8, 4) is 0 Å². The van der Waals surface area contributed by atoms with E-state index in [1.165, 1.54) is 32.1 Å². The quantitative estimate of drug-likeness (QED) is 0.507. The van der Waals surface area contributed by atoms with Gasteiger partial charge < -0.3 is 10.0 Å². The zero-order valence-electron chi connectivity index (χ0n) is 17.3. The van der Waals surface area contributed by atoms with Crippen molar-refractivity contribution in [3.63, 3.8) is 0 Å². The number of aromatic nitrogens is 1. The number of likely N-dealkylation sites (tertiary alicyclic amines) is 1. The SMILES string of the molecule is CC(C)CCCCCCCCC(O)CC(=O)N1CCCC1c1cccnc1. The molecule has 0 bridgehead atoms. The van der Waals surface area contributed by atoms with Gasteiger partial charge in [0.05, 0.1) is 18.6 Å². The van der Waals surface area contributed by atoms with E-state index in [9.17, 15) is 9.90 Å². The Morgan fingerprint density at radius 1 is 1.19 bits per heavy atom. The Kier molecular flexibility index (Phi) is 9.82. The summed E-state index contributed by atoms with van der Waals surface area (Å²) in [4.78, 5) is 18.8. The van der Waals surface area contributed by atoms with Gasteiger partial charge in [-0.25, -0.2) is 0 Å². The number of carbonyl (C=O) groups is 1. The number of aliphatic hydroxyl groups excluding tert-OH is 1. The molecule has 1 fully saturated rings. The van der Waals surface area contributed by atoms with E-state index in [1.807, 2.05) is 23.2 Å². The van der Waals surface area contributed by atoms with E-state index in [1.54, 1.807) is 6.20 Å². The molecule has 1 aliphatic rings. The first-order valence-corrected chi connectivity index (χ1v) is 11.0. The van der Waals surface area contributed by atoms with Crippen molar-refractivity contribution in [2.75, 3.05) is 6.54 Å². The molecule has 0 spiro atoms. The molecule has 1 aliphatic heterocycles. The van der Waals surface area contributed by atoms with Gasteiger partial charge in [-0.1, -0.05) is 64.9 Å². The predicted octanol–water partition coefficient (Wildman–Crippen LogP) is 5.27. The van der Waals surface area contributed by atoms with E-state index in [2.05, 4.69) is 18.8 Å². The lowest BCUT2D eigenvalue weighted by atomic mass is 10.0. The van der Waals surface area contributed by atoms with Crippen molar-refractivity contribution in [2.24, 2.45) is 5.92 Å². The minimum atomic E-state index is -0.506. The molecule has 1 aromatic rings. The number of amides is 1. The first kappa shape index (κ1) is 21.9. The molecular formula is C23H38N2O2. The maximum absolute atomic E-state index is 12.6. The summed E-state index contributed by atoms with van der Waals surface area (Å²) in [6, 6.07) is 4.10. The maximum atomic E-state index is 12.6. The summed E-state index contributed by atoms with van der Waals surface area (Å²) in [5, 5.41) is 10.3. The van der Waals surface area contributed by atoms with Crippen molar-refractivity contribution in [1.82, 2.24) is 9.88 Å². The zero-order chi connectivity index (χ0) is 19.5. The third kappa shape index (κ3) is 8.00. The van der Waals surface area contributed by atoms with Crippen LogP contribution < -0.4 is 0 Å². The molecule has 0 radical (unpaired) electrons. The van der Waals surface area contributed by atoms with E-state index in [0.29, 0.717) is 0 Å². The van der Waals surface area contributed by atoms with Crippen LogP contribution >= 0.6 is 0 Å². The van der Waals surface area contributed by atoms with Gasteiger partial charge in [0.2, 0.25) is 5.91 Å². The normalized spacial score (nSPS) is 18.2. The molecule has 2 atom stereocenters. The molecule has 1 amide bonds. The number of carbonyl (C=O) groups excluding carboxylic acids is 1. The third-order valence-electron chi connectivity index (χ3n) is 5.62. The largest absolute Gasteiger partial charge is 0.393 e. The average Bonchev–Trinajstić information content (AvgIpc) is 3.14. The fourth-order valence-corrected chi connectivity index (χ4v) is 4.05. The number of pyridine rings is 1. The monoisotopic (exact) mass is 374 g/mol. The third-order valence-corrected chi connectivity index (χ3v) is 5.62. The minimum Gasteiger partial charge on any atom is -0.393 e. The van der Waals surface area contributed by atoms with Crippen molar-refractivity contribution in [1.29, 1.82) is 0 Å².